The van der Waals surface area contributed by atoms with E-state index in [0.29, 0.717) is 23.2 Å². The van der Waals surface area contributed by atoms with Gasteiger partial charge in [0, 0.05) is 41.5 Å². The number of aromatic nitrogens is 3. The van der Waals surface area contributed by atoms with Crippen LogP contribution in [-0.4, -0.2) is 21.0 Å². The summed E-state index contributed by atoms with van der Waals surface area (Å²) >= 11 is 6.29. The smallest absolute Gasteiger partial charge is 0.227 e. The molecule has 0 aliphatic rings. The van der Waals surface area contributed by atoms with E-state index in [4.69, 9.17) is 16.1 Å². The second kappa shape index (κ2) is 8.77. The average molecular weight is 385 g/mol. The quantitative estimate of drug-likeness (QED) is 0.649. The van der Waals surface area contributed by atoms with Crippen LogP contribution in [0.5, 0.6) is 0 Å². The molecule has 27 heavy (non-hydrogen) atoms. The standard InChI is InChI=1S/C20H21ClN4O2/c1-3-13-5-6-16(21)15(4-2)19(13)23-17(26)7-8-18-24-20(25-27-18)14-9-11-22-12-10-14/h5-6,9-12H,3-4,7-8H2,1-2H3,(H,23,26). The zero-order valence-electron chi connectivity index (χ0n) is 15.3. The predicted molar refractivity (Wildman–Crippen MR) is 105 cm³/mol. The van der Waals surface area contributed by atoms with E-state index < -0.39 is 0 Å². The Bertz CT molecular complexity index is 925. The van der Waals surface area contributed by atoms with Gasteiger partial charge >= 0.3 is 0 Å². The normalized spacial score (nSPS) is 10.8. The summed E-state index contributed by atoms with van der Waals surface area (Å²) in [7, 11) is 0. The lowest BCUT2D eigenvalue weighted by Crippen LogP contribution is -2.15. The fourth-order valence-electron chi connectivity index (χ4n) is 2.86. The summed E-state index contributed by atoms with van der Waals surface area (Å²) in [6.45, 7) is 4.08. The number of benzene rings is 1. The summed E-state index contributed by atoms with van der Waals surface area (Å²) in [6, 6.07) is 7.45. The molecule has 0 saturated heterocycles. The van der Waals surface area contributed by atoms with Gasteiger partial charge in [-0.1, -0.05) is 36.7 Å². The molecule has 3 rings (SSSR count). The third-order valence-corrected chi connectivity index (χ3v) is 4.67. The number of halogens is 1. The molecule has 0 radical (unpaired) electrons. The Morgan fingerprint density at radius 1 is 1.15 bits per heavy atom. The molecule has 0 aliphatic heterocycles. The van der Waals surface area contributed by atoms with E-state index in [2.05, 4.69) is 27.4 Å². The second-order valence-electron chi connectivity index (χ2n) is 6.06. The molecule has 0 spiro atoms. The van der Waals surface area contributed by atoms with Gasteiger partial charge in [-0.05, 0) is 42.2 Å². The molecule has 2 heterocycles. The molecule has 140 valence electrons. The summed E-state index contributed by atoms with van der Waals surface area (Å²) in [4.78, 5) is 20.8. The van der Waals surface area contributed by atoms with Gasteiger partial charge in [0.05, 0.1) is 0 Å². The van der Waals surface area contributed by atoms with E-state index in [-0.39, 0.29) is 12.3 Å². The van der Waals surface area contributed by atoms with Gasteiger partial charge in [-0.3, -0.25) is 9.78 Å². The number of hydrogen-bond acceptors (Lipinski definition) is 5. The lowest BCUT2D eigenvalue weighted by atomic mass is 10.0. The number of aryl methyl sites for hydroxylation is 2. The molecule has 2 aromatic heterocycles. The van der Waals surface area contributed by atoms with E-state index in [9.17, 15) is 4.79 Å². The van der Waals surface area contributed by atoms with Crippen LogP contribution in [0.25, 0.3) is 11.4 Å². The fraction of sp³-hybridized carbons (Fsp3) is 0.300. The third kappa shape index (κ3) is 4.52. The Morgan fingerprint density at radius 2 is 1.93 bits per heavy atom. The highest BCUT2D eigenvalue weighted by Crippen LogP contribution is 2.29. The van der Waals surface area contributed by atoms with Crippen LogP contribution in [0.2, 0.25) is 5.02 Å². The minimum atomic E-state index is -0.106. The molecule has 3 aromatic rings. The molecule has 1 N–H and O–H groups in total. The van der Waals surface area contributed by atoms with Gasteiger partial charge in [0.2, 0.25) is 17.6 Å². The minimum absolute atomic E-state index is 0.106. The summed E-state index contributed by atoms with van der Waals surface area (Å²) in [5.74, 6) is 0.809. The molecule has 1 aromatic carbocycles. The van der Waals surface area contributed by atoms with Crippen LogP contribution in [-0.2, 0) is 24.1 Å². The maximum absolute atomic E-state index is 12.5. The molecule has 0 bridgehead atoms. The van der Waals surface area contributed by atoms with Crippen molar-refractivity contribution in [2.45, 2.75) is 39.5 Å². The van der Waals surface area contributed by atoms with E-state index in [1.165, 1.54) is 0 Å². The topological polar surface area (TPSA) is 80.9 Å². The van der Waals surface area contributed by atoms with Gasteiger partial charge in [-0.2, -0.15) is 4.98 Å². The second-order valence-corrected chi connectivity index (χ2v) is 6.47. The lowest BCUT2D eigenvalue weighted by molar-refractivity contribution is -0.116. The maximum Gasteiger partial charge on any atom is 0.227 e. The summed E-state index contributed by atoms with van der Waals surface area (Å²) in [5, 5.41) is 7.63. The van der Waals surface area contributed by atoms with Crippen LogP contribution in [0.1, 0.15) is 37.3 Å². The summed E-state index contributed by atoms with van der Waals surface area (Å²) < 4.78 is 5.25. The highest BCUT2D eigenvalue weighted by Gasteiger charge is 2.15. The van der Waals surface area contributed by atoms with E-state index in [0.717, 1.165) is 35.2 Å². The molecular formula is C20H21ClN4O2. The van der Waals surface area contributed by atoms with Crippen molar-refractivity contribution < 1.29 is 9.32 Å². The highest BCUT2D eigenvalue weighted by molar-refractivity contribution is 6.32. The minimum Gasteiger partial charge on any atom is -0.339 e. The van der Waals surface area contributed by atoms with Gasteiger partial charge in [0.15, 0.2) is 0 Å². The van der Waals surface area contributed by atoms with Gasteiger partial charge in [0.25, 0.3) is 0 Å². The Morgan fingerprint density at radius 3 is 2.63 bits per heavy atom. The Hall–Kier alpha value is -2.73. The van der Waals surface area contributed by atoms with Crippen molar-refractivity contribution in [2.24, 2.45) is 0 Å². The van der Waals surface area contributed by atoms with E-state index in [1.54, 1.807) is 24.5 Å². The molecule has 1 amide bonds. The van der Waals surface area contributed by atoms with Crippen LogP contribution in [0.3, 0.4) is 0 Å². The summed E-state index contributed by atoms with van der Waals surface area (Å²) in [5.41, 5.74) is 3.67. The SMILES string of the molecule is CCc1ccc(Cl)c(CC)c1NC(=O)CCc1nc(-c2ccncc2)no1. The number of carbonyl (C=O) groups excluding carboxylic acids is 1. The van der Waals surface area contributed by atoms with Crippen molar-refractivity contribution in [2.75, 3.05) is 5.32 Å². The number of nitrogens with one attached hydrogen (secondary N) is 1. The number of nitrogens with zero attached hydrogens (tertiary/aromatic N) is 3. The van der Waals surface area contributed by atoms with Crippen LogP contribution in [0.15, 0.2) is 41.2 Å². The van der Waals surface area contributed by atoms with Gasteiger partial charge in [-0.25, -0.2) is 0 Å². The first-order chi connectivity index (χ1) is 13.1. The zero-order valence-corrected chi connectivity index (χ0v) is 16.1. The predicted octanol–water partition coefficient (Wildman–Crippen LogP) is 4.48. The maximum atomic E-state index is 12.5. The average Bonchev–Trinajstić information content (AvgIpc) is 3.17. The van der Waals surface area contributed by atoms with Crippen molar-refractivity contribution in [3.8, 4) is 11.4 Å². The first-order valence-electron chi connectivity index (χ1n) is 8.95. The van der Waals surface area contributed by atoms with Crippen LogP contribution in [0.4, 0.5) is 5.69 Å². The monoisotopic (exact) mass is 384 g/mol. The molecule has 0 unspecified atom stereocenters. The molecule has 6 nitrogen and oxygen atoms in total. The number of anilines is 1. The molecule has 0 saturated carbocycles. The number of amides is 1. The van der Waals surface area contributed by atoms with Crippen LogP contribution in [0, 0.1) is 0 Å². The van der Waals surface area contributed by atoms with Crippen molar-refractivity contribution in [1.29, 1.82) is 0 Å². The largest absolute Gasteiger partial charge is 0.339 e. The Balaban J connectivity index is 1.66. The van der Waals surface area contributed by atoms with Gasteiger partial charge in [-0.15, -0.1) is 0 Å². The van der Waals surface area contributed by atoms with Gasteiger partial charge in [0.1, 0.15) is 0 Å². The molecule has 0 aliphatic carbocycles. The van der Waals surface area contributed by atoms with Crippen molar-refractivity contribution in [3.63, 3.8) is 0 Å². The van der Waals surface area contributed by atoms with Gasteiger partial charge < -0.3 is 9.84 Å². The zero-order chi connectivity index (χ0) is 19.2. The number of rotatable bonds is 7. The first kappa shape index (κ1) is 19.0. The first-order valence-corrected chi connectivity index (χ1v) is 9.33. The third-order valence-electron chi connectivity index (χ3n) is 4.31. The number of carbonyl (C=O) groups is 1. The molecule has 7 heteroatoms. The Kier molecular flexibility index (Phi) is 6.19. The Labute approximate surface area is 163 Å². The number of pyridine rings is 1. The van der Waals surface area contributed by atoms with Crippen LogP contribution >= 0.6 is 11.6 Å². The summed E-state index contributed by atoms with van der Waals surface area (Å²) in [6.07, 6.45) is 5.52. The van der Waals surface area contributed by atoms with Crippen molar-refractivity contribution in [3.05, 3.63) is 58.7 Å². The number of hydrogen-bond donors (Lipinski definition) is 1. The highest BCUT2D eigenvalue weighted by atomic mass is 35.5. The molecule has 0 atom stereocenters. The van der Waals surface area contributed by atoms with Crippen molar-refractivity contribution in [1.82, 2.24) is 15.1 Å². The van der Waals surface area contributed by atoms with Crippen molar-refractivity contribution >= 4 is 23.2 Å². The molecular weight excluding hydrogens is 364 g/mol. The molecule has 0 fully saturated rings. The lowest BCUT2D eigenvalue weighted by Gasteiger charge is -2.15. The van der Waals surface area contributed by atoms with E-state index >= 15 is 0 Å². The van der Waals surface area contributed by atoms with E-state index in [1.807, 2.05) is 19.1 Å². The van der Waals surface area contributed by atoms with Crippen LogP contribution < -0.4 is 5.32 Å². The fourth-order valence-corrected chi connectivity index (χ4v) is 3.16.